The van der Waals surface area contributed by atoms with E-state index in [2.05, 4.69) is 28.8 Å². The van der Waals surface area contributed by atoms with Crippen molar-refractivity contribution in [1.29, 1.82) is 0 Å². The molecule has 0 amide bonds. The third kappa shape index (κ3) is 3.38. The molecule has 3 aromatic rings. The van der Waals surface area contributed by atoms with Crippen molar-refractivity contribution in [3.05, 3.63) is 63.3 Å². The smallest absolute Gasteiger partial charge is 0.255 e. The van der Waals surface area contributed by atoms with Crippen LogP contribution < -0.4 is 11.3 Å². The Bertz CT molecular complexity index is 1020. The Kier molecular flexibility index (Phi) is 4.53. The molecule has 27 heavy (non-hydrogen) atoms. The molecule has 0 saturated carbocycles. The van der Waals surface area contributed by atoms with Gasteiger partial charge in [0, 0.05) is 55.1 Å². The van der Waals surface area contributed by atoms with Gasteiger partial charge in [0.25, 0.3) is 5.56 Å². The van der Waals surface area contributed by atoms with Gasteiger partial charge in [-0.25, -0.2) is 4.98 Å². The molecule has 0 fully saturated rings. The first-order valence-corrected chi connectivity index (χ1v) is 9.26. The van der Waals surface area contributed by atoms with Crippen LogP contribution >= 0.6 is 0 Å². The summed E-state index contributed by atoms with van der Waals surface area (Å²) in [6.45, 7) is 7.33. The largest absolute Gasteiger partial charge is 0.399 e. The predicted molar refractivity (Wildman–Crippen MR) is 105 cm³/mol. The normalized spacial score (nSPS) is 14.3. The number of nitrogen functional groups attached to an aromatic ring is 1. The maximum Gasteiger partial charge on any atom is 0.255 e. The molecular formula is C20H24N6O. The van der Waals surface area contributed by atoms with Crippen LogP contribution in [0.15, 0.2) is 35.3 Å². The minimum absolute atomic E-state index is 0.0579. The molecule has 1 aromatic carbocycles. The van der Waals surface area contributed by atoms with Crippen LogP contribution in [-0.4, -0.2) is 31.2 Å². The van der Waals surface area contributed by atoms with Gasteiger partial charge in [0.15, 0.2) is 0 Å². The first-order chi connectivity index (χ1) is 13.0. The fraction of sp³-hybridized carbons (Fsp3) is 0.350. The molecule has 0 saturated heterocycles. The Balaban J connectivity index is 1.57. The lowest BCUT2D eigenvalue weighted by atomic mass is 10.1. The van der Waals surface area contributed by atoms with E-state index in [4.69, 9.17) is 10.7 Å². The number of fused-ring (bicyclic) bond motifs is 1. The second-order valence-corrected chi connectivity index (χ2v) is 6.99. The average Bonchev–Trinajstić information content (AvgIpc) is 3.02. The lowest BCUT2D eigenvalue weighted by Gasteiger charge is -2.27. The van der Waals surface area contributed by atoms with Gasteiger partial charge >= 0.3 is 0 Å². The van der Waals surface area contributed by atoms with E-state index >= 15 is 0 Å². The van der Waals surface area contributed by atoms with Gasteiger partial charge in [-0.3, -0.25) is 14.4 Å². The minimum atomic E-state index is -0.0579. The highest BCUT2D eigenvalue weighted by Crippen LogP contribution is 2.21. The van der Waals surface area contributed by atoms with Gasteiger partial charge < -0.3 is 10.7 Å². The van der Waals surface area contributed by atoms with Gasteiger partial charge in [0.2, 0.25) is 0 Å². The summed E-state index contributed by atoms with van der Waals surface area (Å²) in [6.07, 6.45) is 2.70. The molecule has 7 heteroatoms. The van der Waals surface area contributed by atoms with Crippen molar-refractivity contribution in [2.24, 2.45) is 0 Å². The van der Waals surface area contributed by atoms with Crippen molar-refractivity contribution < 1.29 is 0 Å². The Morgan fingerprint density at radius 2 is 2.04 bits per heavy atom. The SMILES string of the molecule is CCn1ncc(CN2CCc3nc(-c4ccc(N)cc4)[nH]c(=O)c3C2)c1C. The van der Waals surface area contributed by atoms with Crippen LogP contribution in [0.4, 0.5) is 5.69 Å². The molecule has 7 nitrogen and oxygen atoms in total. The third-order valence-electron chi connectivity index (χ3n) is 5.23. The Morgan fingerprint density at radius 1 is 1.26 bits per heavy atom. The highest BCUT2D eigenvalue weighted by molar-refractivity contribution is 5.58. The summed E-state index contributed by atoms with van der Waals surface area (Å²) in [4.78, 5) is 22.6. The summed E-state index contributed by atoms with van der Waals surface area (Å²) in [5.74, 6) is 0.604. The van der Waals surface area contributed by atoms with E-state index in [1.165, 1.54) is 11.3 Å². The fourth-order valence-electron chi connectivity index (χ4n) is 3.59. The lowest BCUT2D eigenvalue weighted by Crippen LogP contribution is -2.35. The van der Waals surface area contributed by atoms with Crippen molar-refractivity contribution in [3.63, 3.8) is 0 Å². The van der Waals surface area contributed by atoms with Gasteiger partial charge in [-0.05, 0) is 38.1 Å². The number of hydrogen-bond acceptors (Lipinski definition) is 5. The van der Waals surface area contributed by atoms with Crippen LogP contribution in [0.3, 0.4) is 0 Å². The zero-order valence-electron chi connectivity index (χ0n) is 15.7. The quantitative estimate of drug-likeness (QED) is 0.692. The number of aromatic amines is 1. The standard InChI is InChI=1S/C20H24N6O/c1-3-26-13(2)15(10-22-26)11-25-9-8-18-17(12-25)20(27)24-19(23-18)14-4-6-16(21)7-5-14/h4-7,10H,3,8-9,11-12,21H2,1-2H3,(H,23,24,27). The van der Waals surface area contributed by atoms with E-state index in [0.717, 1.165) is 42.9 Å². The summed E-state index contributed by atoms with van der Waals surface area (Å²) >= 11 is 0. The number of anilines is 1. The Labute approximate surface area is 157 Å². The summed E-state index contributed by atoms with van der Waals surface area (Å²) in [5.41, 5.74) is 11.3. The molecule has 1 aliphatic heterocycles. The summed E-state index contributed by atoms with van der Waals surface area (Å²) in [7, 11) is 0. The van der Waals surface area contributed by atoms with Gasteiger partial charge in [-0.15, -0.1) is 0 Å². The first kappa shape index (κ1) is 17.5. The number of rotatable bonds is 4. The van der Waals surface area contributed by atoms with E-state index in [1.807, 2.05) is 35.1 Å². The number of hydrogen-bond donors (Lipinski definition) is 2. The number of nitrogens with zero attached hydrogens (tertiary/aromatic N) is 4. The van der Waals surface area contributed by atoms with Gasteiger partial charge in [-0.2, -0.15) is 5.10 Å². The van der Waals surface area contributed by atoms with E-state index < -0.39 is 0 Å². The first-order valence-electron chi connectivity index (χ1n) is 9.26. The molecule has 0 atom stereocenters. The van der Waals surface area contributed by atoms with E-state index in [0.29, 0.717) is 18.1 Å². The molecule has 0 bridgehead atoms. The summed E-state index contributed by atoms with van der Waals surface area (Å²) < 4.78 is 2.00. The van der Waals surface area contributed by atoms with Crippen LogP contribution in [0, 0.1) is 6.92 Å². The number of benzene rings is 1. The maximum atomic E-state index is 12.7. The van der Waals surface area contributed by atoms with Crippen molar-refractivity contribution in [3.8, 4) is 11.4 Å². The molecule has 0 spiro atoms. The molecule has 1 aliphatic rings. The van der Waals surface area contributed by atoms with Gasteiger partial charge in [0.1, 0.15) is 5.82 Å². The summed E-state index contributed by atoms with van der Waals surface area (Å²) in [6, 6.07) is 7.39. The maximum absolute atomic E-state index is 12.7. The van der Waals surface area contributed by atoms with Crippen molar-refractivity contribution in [1.82, 2.24) is 24.6 Å². The number of aromatic nitrogens is 4. The average molecular weight is 364 g/mol. The van der Waals surface area contributed by atoms with Gasteiger partial charge in [-0.1, -0.05) is 0 Å². The van der Waals surface area contributed by atoms with E-state index in [-0.39, 0.29) is 5.56 Å². The number of nitrogens with one attached hydrogen (secondary N) is 1. The molecule has 0 radical (unpaired) electrons. The van der Waals surface area contributed by atoms with Crippen LogP contribution in [0.2, 0.25) is 0 Å². The Morgan fingerprint density at radius 3 is 2.74 bits per heavy atom. The van der Waals surface area contributed by atoms with Crippen LogP contribution in [-0.2, 0) is 26.1 Å². The fourth-order valence-corrected chi connectivity index (χ4v) is 3.59. The molecular weight excluding hydrogens is 340 g/mol. The second kappa shape index (κ2) is 7.00. The van der Waals surface area contributed by atoms with Crippen LogP contribution in [0.1, 0.15) is 29.4 Å². The molecule has 4 rings (SSSR count). The molecule has 3 N–H and O–H groups in total. The second-order valence-electron chi connectivity index (χ2n) is 6.99. The van der Waals surface area contributed by atoms with E-state index in [9.17, 15) is 4.79 Å². The van der Waals surface area contributed by atoms with Crippen molar-refractivity contribution in [2.75, 3.05) is 12.3 Å². The van der Waals surface area contributed by atoms with Crippen molar-refractivity contribution in [2.45, 2.75) is 39.9 Å². The topological polar surface area (TPSA) is 92.8 Å². The number of nitrogens with two attached hydrogens (primary N) is 1. The molecule has 140 valence electrons. The molecule has 0 unspecified atom stereocenters. The van der Waals surface area contributed by atoms with E-state index in [1.54, 1.807) is 0 Å². The monoisotopic (exact) mass is 364 g/mol. The van der Waals surface area contributed by atoms with Crippen molar-refractivity contribution >= 4 is 5.69 Å². The minimum Gasteiger partial charge on any atom is -0.399 e. The van der Waals surface area contributed by atoms with Crippen LogP contribution in [0.25, 0.3) is 11.4 Å². The molecule has 2 aromatic heterocycles. The van der Waals surface area contributed by atoms with Gasteiger partial charge in [0.05, 0.1) is 17.5 Å². The highest BCUT2D eigenvalue weighted by atomic mass is 16.1. The predicted octanol–water partition coefficient (Wildman–Crippen LogP) is 2.10. The highest BCUT2D eigenvalue weighted by Gasteiger charge is 2.22. The molecule has 3 heterocycles. The zero-order chi connectivity index (χ0) is 19.0. The zero-order valence-corrected chi connectivity index (χ0v) is 15.7. The lowest BCUT2D eigenvalue weighted by molar-refractivity contribution is 0.241. The summed E-state index contributed by atoms with van der Waals surface area (Å²) in [5, 5.41) is 4.41. The number of H-pyrrole nitrogens is 1. The van der Waals surface area contributed by atoms with Crippen LogP contribution in [0.5, 0.6) is 0 Å². The third-order valence-corrected chi connectivity index (χ3v) is 5.23. The Hall–Kier alpha value is -2.93. The molecule has 0 aliphatic carbocycles. The number of aryl methyl sites for hydroxylation is 1.